The fraction of sp³-hybridized carbons (Fsp3) is 0.422. The molecule has 0 fully saturated rings. The molecule has 13 N–H and O–H groups in total. The molecule has 22 heteroatoms. The average Bonchev–Trinajstić information content (AvgIpc) is 3.38. The topological polar surface area (TPSA) is 329 Å². The molecule has 22 nitrogen and oxygen atoms in total. The Morgan fingerprint density at radius 1 is 0.687 bits per heavy atom. The van der Waals surface area contributed by atoms with E-state index in [0.717, 1.165) is 12.8 Å². The van der Waals surface area contributed by atoms with E-state index in [-0.39, 0.29) is 30.7 Å². The van der Waals surface area contributed by atoms with Gasteiger partial charge in [-0.05, 0) is 108 Å². The van der Waals surface area contributed by atoms with E-state index in [1.807, 2.05) is 13.8 Å². The highest BCUT2D eigenvalue weighted by molar-refractivity contribution is 5.99. The standard InChI is InChI=1S/C27H40N8O5.C18H25N7O2.4H2/c1-7-13-29-22-20(16-32-25(34-22)33-19-11-9-18(10-12-19)21(28)36)24(38)31-15-8-14-30-23(37)17(2)35(6)26(39)40-27(3,4)5;1-2-9-21-16-14(17(27)22-10-3-8-19)11-23-18(25-16)24-13-6-4-12(5-7-13)15(20)26;;;;/h9-12,16-17H,7-8,13-15H2,1-6H3,(H2,28,36)(H,30,37)(H,31,38)(H2,29,32,33,34);4-7,11H,2-3,8-10,19H2,1H3,(H2,20,26)(H,22,27)(H2,21,23,24,25);4*1H/t17-;;;;;/m0...../s1/i;;3*1+1D;1+1. The molecule has 67 heavy (non-hydrogen) atoms. The molecule has 2 heterocycles. The number of anilines is 6. The van der Waals surface area contributed by atoms with Crippen molar-refractivity contribution in [3.05, 3.63) is 83.2 Å². The quantitative estimate of drug-likeness (QED) is 0.0445. The molecule has 0 aliphatic carbocycles. The van der Waals surface area contributed by atoms with Gasteiger partial charge in [0, 0.05) is 85.0 Å². The van der Waals surface area contributed by atoms with Crippen LogP contribution in [-0.4, -0.2) is 118 Å². The number of primary amides is 2. The molecule has 0 radical (unpaired) electrons. The number of carbonyl (C=O) groups excluding carboxylic acids is 6. The smallest absolute Gasteiger partial charge is 0.410 e. The van der Waals surface area contributed by atoms with Gasteiger partial charge in [0.25, 0.3) is 11.8 Å². The van der Waals surface area contributed by atoms with Crippen molar-refractivity contribution in [1.29, 1.82) is 0 Å². The number of amides is 6. The lowest BCUT2D eigenvalue weighted by Crippen LogP contribution is -2.47. The SMILES string of the molecule is CCCNc1nc(Nc2ccc(C(N)=O)cc2)ncc1C(=O)NCCCN.CCCNc1nc(Nc2ccc(C(N)=O)cc2)ncc1C(=O)NCCCNC(=O)[C@H](C)N(C)C(=O)OC(C)(C)C.[2HH].[2H][2H].[2H][2H].[2H][2H]. The van der Waals surface area contributed by atoms with Crippen molar-refractivity contribution in [1.82, 2.24) is 40.8 Å². The lowest BCUT2D eigenvalue weighted by Gasteiger charge is -2.28. The minimum absolute atomic E-state index is 0. The second-order valence-electron chi connectivity index (χ2n) is 16.0. The van der Waals surface area contributed by atoms with Crippen molar-refractivity contribution < 1.29 is 43.8 Å². The van der Waals surface area contributed by atoms with Crippen LogP contribution in [0, 0.1) is 0 Å². The van der Waals surface area contributed by atoms with Crippen LogP contribution in [0.5, 0.6) is 0 Å². The van der Waals surface area contributed by atoms with Crippen molar-refractivity contribution in [2.75, 3.05) is 67.6 Å². The number of hydrogen-bond acceptors (Lipinski definition) is 16. The zero-order valence-electron chi connectivity index (χ0n) is 45.2. The van der Waals surface area contributed by atoms with E-state index in [0.29, 0.717) is 97.8 Å². The Labute approximate surface area is 401 Å². The van der Waals surface area contributed by atoms with E-state index in [9.17, 15) is 28.8 Å². The molecule has 0 saturated carbocycles. The molecule has 0 unspecified atom stereocenters. The second-order valence-corrected chi connectivity index (χ2v) is 16.0. The first-order valence-electron chi connectivity index (χ1n) is 24.9. The molecular weight excluding hydrogens is 863 g/mol. The zero-order chi connectivity index (χ0) is 55.5. The van der Waals surface area contributed by atoms with Gasteiger partial charge in [-0.1, -0.05) is 13.8 Å². The zero-order valence-corrected chi connectivity index (χ0v) is 39.2. The number of nitrogens with one attached hydrogen (secondary N) is 7. The number of nitrogens with two attached hydrogens (primary N) is 3. The molecule has 0 bridgehead atoms. The maximum absolute atomic E-state index is 12.8. The van der Waals surface area contributed by atoms with Gasteiger partial charge in [0.2, 0.25) is 29.6 Å². The average molecular weight is 943 g/mol. The first kappa shape index (κ1) is 48.8. The fourth-order valence-corrected chi connectivity index (χ4v) is 5.48. The third-order valence-corrected chi connectivity index (χ3v) is 9.25. The fourth-order valence-electron chi connectivity index (χ4n) is 5.48. The van der Waals surface area contributed by atoms with Gasteiger partial charge in [-0.15, -0.1) is 0 Å². The number of carbonyl (C=O) groups is 6. The van der Waals surface area contributed by atoms with Gasteiger partial charge in [0.15, 0.2) is 0 Å². The van der Waals surface area contributed by atoms with Gasteiger partial charge >= 0.3 is 6.09 Å². The van der Waals surface area contributed by atoms with Crippen LogP contribution >= 0.6 is 0 Å². The Morgan fingerprint density at radius 2 is 1.10 bits per heavy atom. The highest BCUT2D eigenvalue weighted by Gasteiger charge is 2.27. The summed E-state index contributed by atoms with van der Waals surface area (Å²) in [6.07, 6.45) is 5.20. The van der Waals surface area contributed by atoms with Gasteiger partial charge in [-0.3, -0.25) is 28.9 Å². The summed E-state index contributed by atoms with van der Waals surface area (Å²) in [6, 6.07) is 12.4. The number of rotatable bonds is 23. The maximum atomic E-state index is 12.8. The van der Waals surface area contributed by atoms with E-state index in [4.69, 9.17) is 30.8 Å². The molecule has 0 aliphatic rings. The van der Waals surface area contributed by atoms with Crippen molar-refractivity contribution in [2.24, 2.45) is 17.2 Å². The van der Waals surface area contributed by atoms with E-state index < -0.39 is 29.6 Å². The first-order chi connectivity index (χ1) is 34.9. The van der Waals surface area contributed by atoms with E-state index in [2.05, 4.69) is 57.2 Å². The van der Waals surface area contributed by atoms with E-state index in [1.165, 1.54) is 24.3 Å². The van der Waals surface area contributed by atoms with E-state index >= 15 is 0 Å². The number of likely N-dealkylation sites (N-methyl/N-ethyl adjacent to an activating group) is 1. The molecule has 2 aromatic heterocycles. The minimum Gasteiger partial charge on any atom is -0.444 e. The molecule has 6 amide bonds. The molecule has 4 rings (SSSR count). The number of benzene rings is 2. The number of hydrogen-bond donors (Lipinski definition) is 10. The highest BCUT2D eigenvalue weighted by Crippen LogP contribution is 2.20. The summed E-state index contributed by atoms with van der Waals surface area (Å²) in [5.41, 5.74) is 18.1. The summed E-state index contributed by atoms with van der Waals surface area (Å²) >= 11 is 0. The Morgan fingerprint density at radius 3 is 1.49 bits per heavy atom. The van der Waals surface area contributed by atoms with Crippen molar-refractivity contribution >= 4 is 70.5 Å². The lowest BCUT2D eigenvalue weighted by atomic mass is 10.2. The number of aromatic nitrogens is 4. The lowest BCUT2D eigenvalue weighted by molar-refractivity contribution is -0.125. The molecule has 0 aliphatic heterocycles. The molecule has 370 valence electrons. The summed E-state index contributed by atoms with van der Waals surface area (Å²) in [4.78, 5) is 90.7. The third kappa shape index (κ3) is 18.4. The summed E-state index contributed by atoms with van der Waals surface area (Å²) in [6.45, 7) is 13.8. The van der Waals surface area contributed by atoms with Crippen LogP contribution in [0.25, 0.3) is 0 Å². The van der Waals surface area contributed by atoms with Crippen LogP contribution in [0.3, 0.4) is 0 Å². The predicted molar refractivity (Wildman–Crippen MR) is 266 cm³/mol. The molecular formula is C45H73N15O7. The van der Waals surface area contributed by atoms with Gasteiger partial charge < -0.3 is 59.2 Å². The summed E-state index contributed by atoms with van der Waals surface area (Å²) < 4.78 is 35.3. The number of nitrogens with zero attached hydrogens (tertiary/aromatic N) is 5. The highest BCUT2D eigenvalue weighted by atomic mass is 16.6. The monoisotopic (exact) mass is 943 g/mol. The molecule has 2 aromatic carbocycles. The van der Waals surface area contributed by atoms with Crippen molar-refractivity contribution in [3.8, 4) is 0 Å². The molecule has 0 spiro atoms. The van der Waals surface area contributed by atoms with Gasteiger partial charge in [0.05, 0.1) is 0 Å². The Balaban J connectivity index is 0. The minimum atomic E-state index is -0.720. The van der Waals surface area contributed by atoms with Crippen molar-refractivity contribution in [2.45, 2.75) is 78.9 Å². The second kappa shape index (κ2) is 27.0. The van der Waals surface area contributed by atoms with Crippen LogP contribution in [0.2, 0.25) is 0 Å². The van der Waals surface area contributed by atoms with Crippen LogP contribution in [0.1, 0.15) is 119 Å². The van der Waals surface area contributed by atoms with Gasteiger partial charge in [0.1, 0.15) is 34.4 Å². The first-order valence-corrected chi connectivity index (χ1v) is 21.9. The Kier molecular flexibility index (Phi) is 19.7. The van der Waals surface area contributed by atoms with Crippen LogP contribution in [0.15, 0.2) is 60.9 Å². The summed E-state index contributed by atoms with van der Waals surface area (Å²) in [5, 5.41) is 20.7. The predicted octanol–water partition coefficient (Wildman–Crippen LogP) is 4.84. The molecule has 4 aromatic rings. The van der Waals surface area contributed by atoms with E-state index in [1.54, 1.807) is 76.2 Å². The van der Waals surface area contributed by atoms with Crippen LogP contribution in [0.4, 0.5) is 39.7 Å². The Hall–Kier alpha value is -7.62. The summed E-state index contributed by atoms with van der Waals surface area (Å²) in [5.74, 6) is -0.521. The van der Waals surface area contributed by atoms with Crippen molar-refractivity contribution in [3.63, 3.8) is 0 Å². The van der Waals surface area contributed by atoms with Gasteiger partial charge in [-0.2, -0.15) is 9.97 Å². The Bertz CT molecular complexity index is 2300. The maximum Gasteiger partial charge on any atom is 0.410 e. The van der Waals surface area contributed by atoms with Crippen LogP contribution < -0.4 is 54.4 Å². The summed E-state index contributed by atoms with van der Waals surface area (Å²) in [7, 11) is 1.51. The third-order valence-electron chi connectivity index (χ3n) is 9.25. The van der Waals surface area contributed by atoms with Gasteiger partial charge in [-0.25, -0.2) is 14.8 Å². The molecule has 0 saturated heterocycles. The normalized spacial score (nSPS) is 11.5. The largest absolute Gasteiger partial charge is 0.444 e. The number of ether oxygens (including phenoxy) is 1. The molecule has 1 atom stereocenters. The van der Waals surface area contributed by atoms with Crippen LogP contribution in [-0.2, 0) is 9.53 Å².